The van der Waals surface area contributed by atoms with E-state index in [0.717, 1.165) is 39.0 Å². The maximum atomic E-state index is 12.4. The second-order valence-electron chi connectivity index (χ2n) is 5.85. The van der Waals surface area contributed by atoms with Gasteiger partial charge in [-0.2, -0.15) is 0 Å². The highest BCUT2D eigenvalue weighted by atomic mass is 16.2. The maximum Gasteiger partial charge on any atom is 0.224 e. The van der Waals surface area contributed by atoms with Crippen LogP contribution in [-0.4, -0.2) is 37.0 Å². The zero-order valence-electron chi connectivity index (χ0n) is 13.5. The number of hydrogen-bond donors (Lipinski definition) is 0. The molecular weight excluding hydrogens is 260 g/mol. The summed E-state index contributed by atoms with van der Waals surface area (Å²) < 4.78 is 0. The SMILES string of the molecule is CCCN(CCC)C(=O)CCN1CCCc2ccccc21. The van der Waals surface area contributed by atoms with Crippen molar-refractivity contribution in [2.24, 2.45) is 0 Å². The van der Waals surface area contributed by atoms with Crippen molar-refractivity contribution in [3.05, 3.63) is 29.8 Å². The first kappa shape index (κ1) is 15.9. The summed E-state index contributed by atoms with van der Waals surface area (Å²) in [5, 5.41) is 0. The van der Waals surface area contributed by atoms with Crippen LogP contribution < -0.4 is 4.90 Å². The Balaban J connectivity index is 1.92. The van der Waals surface area contributed by atoms with Crippen LogP contribution in [0.5, 0.6) is 0 Å². The molecule has 1 aliphatic heterocycles. The van der Waals surface area contributed by atoms with Crippen molar-refractivity contribution in [1.82, 2.24) is 4.90 Å². The highest BCUT2D eigenvalue weighted by molar-refractivity contribution is 5.77. The van der Waals surface area contributed by atoms with Crippen molar-refractivity contribution < 1.29 is 4.79 Å². The van der Waals surface area contributed by atoms with Crippen LogP contribution in [0.4, 0.5) is 5.69 Å². The quantitative estimate of drug-likeness (QED) is 0.767. The van der Waals surface area contributed by atoms with Crippen molar-refractivity contribution >= 4 is 11.6 Å². The van der Waals surface area contributed by atoms with E-state index < -0.39 is 0 Å². The lowest BCUT2D eigenvalue weighted by molar-refractivity contribution is -0.131. The number of rotatable bonds is 7. The Hall–Kier alpha value is -1.51. The minimum Gasteiger partial charge on any atom is -0.371 e. The molecule has 0 saturated carbocycles. The molecule has 21 heavy (non-hydrogen) atoms. The molecule has 0 atom stereocenters. The Morgan fingerprint density at radius 1 is 1.19 bits per heavy atom. The number of carbonyl (C=O) groups excluding carboxylic acids is 1. The lowest BCUT2D eigenvalue weighted by Gasteiger charge is -2.32. The molecule has 0 radical (unpaired) electrons. The summed E-state index contributed by atoms with van der Waals surface area (Å²) in [4.78, 5) is 16.8. The van der Waals surface area contributed by atoms with Crippen LogP contribution >= 0.6 is 0 Å². The second kappa shape index (κ2) is 8.06. The summed E-state index contributed by atoms with van der Waals surface area (Å²) in [6, 6.07) is 8.61. The Morgan fingerprint density at radius 3 is 2.62 bits per heavy atom. The molecular formula is C18H28N2O. The molecule has 1 amide bonds. The summed E-state index contributed by atoms with van der Waals surface area (Å²) in [6.07, 6.45) is 5.07. The predicted octanol–water partition coefficient (Wildman–Crippen LogP) is 3.48. The number of anilines is 1. The third-order valence-electron chi connectivity index (χ3n) is 4.14. The molecule has 1 aromatic carbocycles. The van der Waals surface area contributed by atoms with Crippen LogP contribution in [0.3, 0.4) is 0 Å². The zero-order valence-corrected chi connectivity index (χ0v) is 13.5. The van der Waals surface area contributed by atoms with E-state index in [1.54, 1.807) is 0 Å². The van der Waals surface area contributed by atoms with E-state index in [1.165, 1.54) is 24.1 Å². The minimum atomic E-state index is 0.307. The Kier molecular flexibility index (Phi) is 6.09. The van der Waals surface area contributed by atoms with E-state index in [2.05, 4.69) is 43.0 Å². The molecule has 0 aromatic heterocycles. The number of carbonyl (C=O) groups is 1. The first-order chi connectivity index (χ1) is 10.3. The summed E-state index contributed by atoms with van der Waals surface area (Å²) in [6.45, 7) is 7.98. The van der Waals surface area contributed by atoms with Crippen LogP contribution in [0, 0.1) is 0 Å². The monoisotopic (exact) mass is 288 g/mol. The zero-order chi connectivity index (χ0) is 15.1. The van der Waals surface area contributed by atoms with Crippen molar-refractivity contribution in [3.63, 3.8) is 0 Å². The van der Waals surface area contributed by atoms with Crippen LogP contribution in [0.1, 0.15) is 45.1 Å². The first-order valence-electron chi connectivity index (χ1n) is 8.36. The average Bonchev–Trinajstić information content (AvgIpc) is 2.52. The molecule has 2 rings (SSSR count). The number of fused-ring (bicyclic) bond motifs is 1. The van der Waals surface area contributed by atoms with Gasteiger partial charge in [-0.25, -0.2) is 0 Å². The molecule has 0 unspecified atom stereocenters. The van der Waals surface area contributed by atoms with Gasteiger partial charge in [-0.1, -0.05) is 32.0 Å². The molecule has 0 N–H and O–H groups in total. The highest BCUT2D eigenvalue weighted by Crippen LogP contribution is 2.26. The molecule has 1 aliphatic rings. The minimum absolute atomic E-state index is 0.307. The van der Waals surface area contributed by atoms with Crippen molar-refractivity contribution in [1.29, 1.82) is 0 Å². The van der Waals surface area contributed by atoms with Crippen molar-refractivity contribution in [2.45, 2.75) is 46.0 Å². The van der Waals surface area contributed by atoms with Gasteiger partial charge in [-0.3, -0.25) is 4.79 Å². The molecule has 0 aliphatic carbocycles. The van der Waals surface area contributed by atoms with E-state index in [0.29, 0.717) is 12.3 Å². The molecule has 0 spiro atoms. The normalized spacial score (nSPS) is 13.9. The van der Waals surface area contributed by atoms with E-state index in [9.17, 15) is 4.79 Å². The molecule has 3 nitrogen and oxygen atoms in total. The van der Waals surface area contributed by atoms with Gasteiger partial charge < -0.3 is 9.80 Å². The molecule has 116 valence electrons. The van der Waals surface area contributed by atoms with E-state index in [-0.39, 0.29) is 0 Å². The number of amides is 1. The average molecular weight is 288 g/mol. The fourth-order valence-corrected chi connectivity index (χ4v) is 3.13. The smallest absolute Gasteiger partial charge is 0.224 e. The lowest BCUT2D eigenvalue weighted by atomic mass is 10.0. The summed E-state index contributed by atoms with van der Waals surface area (Å²) in [5.74, 6) is 0.307. The molecule has 3 heteroatoms. The molecule has 0 fully saturated rings. The summed E-state index contributed by atoms with van der Waals surface area (Å²) >= 11 is 0. The van der Waals surface area contributed by atoms with Crippen LogP contribution in [0.15, 0.2) is 24.3 Å². The highest BCUT2D eigenvalue weighted by Gasteiger charge is 2.18. The number of benzene rings is 1. The van der Waals surface area contributed by atoms with Crippen LogP contribution in [0.2, 0.25) is 0 Å². The van der Waals surface area contributed by atoms with Gasteiger partial charge in [0.15, 0.2) is 0 Å². The third kappa shape index (κ3) is 4.23. The maximum absolute atomic E-state index is 12.4. The Bertz CT molecular complexity index is 452. The standard InChI is InChI=1S/C18H28N2O/c1-3-12-20(13-4-2)18(21)11-15-19-14-7-9-16-8-5-6-10-17(16)19/h5-6,8,10H,3-4,7,9,11-15H2,1-2H3. The summed E-state index contributed by atoms with van der Waals surface area (Å²) in [5.41, 5.74) is 2.75. The number of aryl methyl sites for hydroxylation is 1. The Labute approximate surface area is 128 Å². The second-order valence-corrected chi connectivity index (χ2v) is 5.85. The van der Waals surface area contributed by atoms with Crippen molar-refractivity contribution in [2.75, 3.05) is 31.1 Å². The van der Waals surface area contributed by atoms with E-state index in [1.807, 2.05) is 4.90 Å². The molecule has 1 heterocycles. The topological polar surface area (TPSA) is 23.6 Å². The molecule has 1 aromatic rings. The number of hydrogen-bond acceptors (Lipinski definition) is 2. The fourth-order valence-electron chi connectivity index (χ4n) is 3.13. The molecule has 0 saturated heterocycles. The van der Waals surface area contributed by atoms with Crippen molar-refractivity contribution in [3.8, 4) is 0 Å². The van der Waals surface area contributed by atoms with Gasteiger partial charge in [0.25, 0.3) is 0 Å². The van der Waals surface area contributed by atoms with E-state index in [4.69, 9.17) is 0 Å². The Morgan fingerprint density at radius 2 is 1.90 bits per heavy atom. The van der Waals surface area contributed by atoms with Gasteiger partial charge in [-0.15, -0.1) is 0 Å². The van der Waals surface area contributed by atoms with Gasteiger partial charge in [0.1, 0.15) is 0 Å². The third-order valence-corrected chi connectivity index (χ3v) is 4.14. The fraction of sp³-hybridized carbons (Fsp3) is 0.611. The number of para-hydroxylation sites is 1. The lowest BCUT2D eigenvalue weighted by Crippen LogP contribution is -2.37. The van der Waals surface area contributed by atoms with Gasteiger partial charge in [0.2, 0.25) is 5.91 Å². The summed E-state index contributed by atoms with van der Waals surface area (Å²) in [7, 11) is 0. The van der Waals surface area contributed by atoms with Crippen LogP contribution in [0.25, 0.3) is 0 Å². The van der Waals surface area contributed by atoms with Gasteiger partial charge in [0.05, 0.1) is 0 Å². The predicted molar refractivity (Wildman–Crippen MR) is 88.8 cm³/mol. The molecule has 0 bridgehead atoms. The number of nitrogens with zero attached hydrogens (tertiary/aromatic N) is 2. The first-order valence-corrected chi connectivity index (χ1v) is 8.36. The van der Waals surface area contributed by atoms with Gasteiger partial charge in [0, 0.05) is 38.3 Å². The van der Waals surface area contributed by atoms with E-state index >= 15 is 0 Å². The van der Waals surface area contributed by atoms with Gasteiger partial charge in [-0.05, 0) is 37.3 Å². The van der Waals surface area contributed by atoms with Gasteiger partial charge >= 0.3 is 0 Å². The largest absolute Gasteiger partial charge is 0.371 e. The van der Waals surface area contributed by atoms with Crippen LogP contribution in [-0.2, 0) is 11.2 Å².